The van der Waals surface area contributed by atoms with E-state index >= 15 is 0 Å². The minimum Gasteiger partial charge on any atom is -0.354 e. The highest BCUT2D eigenvalue weighted by Crippen LogP contribution is 2.33. The van der Waals surface area contributed by atoms with E-state index in [0.29, 0.717) is 6.42 Å². The molecule has 0 saturated heterocycles. The summed E-state index contributed by atoms with van der Waals surface area (Å²) in [6.07, 6.45) is 7.96. The molecular formula is C16H33N3O. The number of rotatable bonds is 8. The van der Waals surface area contributed by atoms with Crippen LogP contribution in [0, 0.1) is 0 Å². The smallest absolute Gasteiger partial charge is 0.221 e. The third-order valence-electron chi connectivity index (χ3n) is 4.39. The lowest BCUT2D eigenvalue weighted by molar-refractivity contribution is -0.122. The average molecular weight is 283 g/mol. The van der Waals surface area contributed by atoms with Gasteiger partial charge in [0.25, 0.3) is 0 Å². The summed E-state index contributed by atoms with van der Waals surface area (Å²) in [6.45, 7) is 8.82. The van der Waals surface area contributed by atoms with Crippen molar-refractivity contribution in [1.82, 2.24) is 10.2 Å². The van der Waals surface area contributed by atoms with Gasteiger partial charge in [-0.1, -0.05) is 26.2 Å². The lowest BCUT2D eigenvalue weighted by atomic mass is 9.80. The molecular weight excluding hydrogens is 250 g/mol. The molecule has 0 heterocycles. The van der Waals surface area contributed by atoms with Gasteiger partial charge in [-0.2, -0.15) is 0 Å². The first kappa shape index (κ1) is 17.4. The highest BCUT2D eigenvalue weighted by Gasteiger charge is 2.36. The van der Waals surface area contributed by atoms with E-state index in [9.17, 15) is 4.79 Å². The molecule has 1 rings (SSSR count). The fourth-order valence-corrected chi connectivity index (χ4v) is 3.35. The molecule has 0 radical (unpaired) electrons. The van der Waals surface area contributed by atoms with Crippen molar-refractivity contribution in [2.75, 3.05) is 19.6 Å². The Kier molecular flexibility index (Phi) is 7.52. The molecule has 1 fully saturated rings. The van der Waals surface area contributed by atoms with E-state index < -0.39 is 0 Å². The molecule has 0 unspecified atom stereocenters. The molecule has 0 aromatic carbocycles. The second-order valence-corrected chi connectivity index (χ2v) is 6.45. The SMILES string of the molecule is CCCN(CCC(=O)NC(C)C)C1(CN)CCCCC1. The molecule has 4 nitrogen and oxygen atoms in total. The monoisotopic (exact) mass is 283 g/mol. The van der Waals surface area contributed by atoms with E-state index in [-0.39, 0.29) is 17.5 Å². The largest absolute Gasteiger partial charge is 0.354 e. The van der Waals surface area contributed by atoms with Gasteiger partial charge < -0.3 is 11.1 Å². The lowest BCUT2D eigenvalue weighted by Gasteiger charge is -2.46. The van der Waals surface area contributed by atoms with Gasteiger partial charge in [-0.25, -0.2) is 0 Å². The van der Waals surface area contributed by atoms with Gasteiger partial charge >= 0.3 is 0 Å². The van der Waals surface area contributed by atoms with E-state index in [2.05, 4.69) is 17.1 Å². The number of nitrogens with one attached hydrogen (secondary N) is 1. The number of carbonyl (C=O) groups excluding carboxylic acids is 1. The number of carbonyl (C=O) groups is 1. The van der Waals surface area contributed by atoms with Crippen LogP contribution in [0.1, 0.15) is 65.7 Å². The van der Waals surface area contributed by atoms with Gasteiger partial charge in [0.15, 0.2) is 0 Å². The van der Waals surface area contributed by atoms with E-state index in [0.717, 1.165) is 26.1 Å². The maximum absolute atomic E-state index is 11.9. The number of nitrogens with two attached hydrogens (primary N) is 1. The predicted octanol–water partition coefficient (Wildman–Crippen LogP) is 2.27. The first-order chi connectivity index (χ1) is 9.54. The van der Waals surface area contributed by atoms with Gasteiger partial charge in [-0.15, -0.1) is 0 Å². The Morgan fingerprint density at radius 1 is 1.25 bits per heavy atom. The molecule has 0 bridgehead atoms. The second kappa shape index (κ2) is 8.63. The average Bonchev–Trinajstić information content (AvgIpc) is 2.43. The molecule has 0 aromatic rings. The van der Waals surface area contributed by atoms with Crippen LogP contribution in [0.3, 0.4) is 0 Å². The molecule has 4 heteroatoms. The minimum atomic E-state index is 0.145. The van der Waals surface area contributed by atoms with Crippen molar-refractivity contribution in [3.8, 4) is 0 Å². The maximum Gasteiger partial charge on any atom is 0.221 e. The molecule has 3 N–H and O–H groups in total. The van der Waals surface area contributed by atoms with Gasteiger partial charge in [0.05, 0.1) is 0 Å². The molecule has 0 atom stereocenters. The van der Waals surface area contributed by atoms with Crippen LogP contribution < -0.4 is 11.1 Å². The quantitative estimate of drug-likeness (QED) is 0.718. The van der Waals surface area contributed by atoms with Crippen molar-refractivity contribution in [2.24, 2.45) is 5.73 Å². The van der Waals surface area contributed by atoms with Crippen molar-refractivity contribution in [3.05, 3.63) is 0 Å². The molecule has 118 valence electrons. The third-order valence-corrected chi connectivity index (χ3v) is 4.39. The molecule has 0 aromatic heterocycles. The highest BCUT2D eigenvalue weighted by molar-refractivity contribution is 5.76. The normalized spacial score (nSPS) is 18.5. The third kappa shape index (κ3) is 5.06. The Hall–Kier alpha value is -0.610. The van der Waals surface area contributed by atoms with Crippen LogP contribution >= 0.6 is 0 Å². The molecule has 20 heavy (non-hydrogen) atoms. The van der Waals surface area contributed by atoms with Crippen molar-refractivity contribution < 1.29 is 4.79 Å². The zero-order chi connectivity index (χ0) is 15.0. The van der Waals surface area contributed by atoms with Crippen molar-refractivity contribution in [3.63, 3.8) is 0 Å². The van der Waals surface area contributed by atoms with Crippen molar-refractivity contribution >= 4 is 5.91 Å². The molecule has 0 spiro atoms. The zero-order valence-corrected chi connectivity index (χ0v) is 13.6. The maximum atomic E-state index is 11.9. The van der Waals surface area contributed by atoms with Crippen LogP contribution in [-0.2, 0) is 4.79 Å². The van der Waals surface area contributed by atoms with Gasteiger partial charge in [0.1, 0.15) is 0 Å². The Balaban J connectivity index is 2.59. The number of amides is 1. The molecule has 0 aliphatic heterocycles. The van der Waals surface area contributed by atoms with Crippen LogP contribution in [0.15, 0.2) is 0 Å². The summed E-state index contributed by atoms with van der Waals surface area (Å²) in [5.41, 5.74) is 6.26. The first-order valence-corrected chi connectivity index (χ1v) is 8.28. The number of nitrogens with zero attached hydrogens (tertiary/aromatic N) is 1. The summed E-state index contributed by atoms with van der Waals surface area (Å²) < 4.78 is 0. The second-order valence-electron chi connectivity index (χ2n) is 6.45. The molecule has 1 aliphatic carbocycles. The van der Waals surface area contributed by atoms with E-state index in [1.807, 2.05) is 13.8 Å². The highest BCUT2D eigenvalue weighted by atomic mass is 16.1. The molecule has 1 amide bonds. The lowest BCUT2D eigenvalue weighted by Crippen LogP contribution is -2.56. The summed E-state index contributed by atoms with van der Waals surface area (Å²) in [4.78, 5) is 14.4. The summed E-state index contributed by atoms with van der Waals surface area (Å²) >= 11 is 0. The van der Waals surface area contributed by atoms with E-state index in [4.69, 9.17) is 5.73 Å². The van der Waals surface area contributed by atoms with E-state index in [1.54, 1.807) is 0 Å². The Bertz CT molecular complexity index is 285. The molecule has 1 aliphatic rings. The molecule has 1 saturated carbocycles. The van der Waals surface area contributed by atoms with Crippen molar-refractivity contribution in [1.29, 1.82) is 0 Å². The Labute approximate surface area is 124 Å². The van der Waals surface area contributed by atoms with Gasteiger partial charge in [-0.05, 0) is 39.7 Å². The van der Waals surface area contributed by atoms with Crippen LogP contribution in [0.25, 0.3) is 0 Å². The number of hydrogen-bond donors (Lipinski definition) is 2. The van der Waals surface area contributed by atoms with E-state index in [1.165, 1.54) is 32.1 Å². The number of hydrogen-bond acceptors (Lipinski definition) is 3. The summed E-state index contributed by atoms with van der Waals surface area (Å²) in [7, 11) is 0. The van der Waals surface area contributed by atoms with Crippen LogP contribution in [0.2, 0.25) is 0 Å². The summed E-state index contributed by atoms with van der Waals surface area (Å²) in [5, 5.41) is 2.98. The Morgan fingerprint density at radius 3 is 2.40 bits per heavy atom. The van der Waals surface area contributed by atoms with Gasteiger partial charge in [-0.3, -0.25) is 9.69 Å². The first-order valence-electron chi connectivity index (χ1n) is 8.28. The van der Waals surface area contributed by atoms with Crippen LogP contribution in [-0.4, -0.2) is 42.0 Å². The van der Waals surface area contributed by atoms with Crippen LogP contribution in [0.5, 0.6) is 0 Å². The summed E-state index contributed by atoms with van der Waals surface area (Å²) in [5.74, 6) is 0.157. The fraction of sp³-hybridized carbons (Fsp3) is 0.938. The standard InChI is InChI=1S/C16H33N3O/c1-4-11-19(12-8-15(20)18-14(2)3)16(13-17)9-6-5-7-10-16/h14H,4-13,17H2,1-3H3,(H,18,20). The predicted molar refractivity (Wildman–Crippen MR) is 84.6 cm³/mol. The topological polar surface area (TPSA) is 58.4 Å². The van der Waals surface area contributed by atoms with Crippen LogP contribution in [0.4, 0.5) is 0 Å². The van der Waals surface area contributed by atoms with Gasteiger partial charge in [0, 0.05) is 31.1 Å². The fourth-order valence-electron chi connectivity index (χ4n) is 3.35. The van der Waals surface area contributed by atoms with Crippen molar-refractivity contribution in [2.45, 2.75) is 77.3 Å². The zero-order valence-electron chi connectivity index (χ0n) is 13.6. The summed E-state index contributed by atoms with van der Waals surface area (Å²) in [6, 6.07) is 0.222. The van der Waals surface area contributed by atoms with Gasteiger partial charge in [0.2, 0.25) is 5.91 Å². The Morgan fingerprint density at radius 2 is 1.90 bits per heavy atom. The minimum absolute atomic E-state index is 0.145.